The summed E-state index contributed by atoms with van der Waals surface area (Å²) in [5.41, 5.74) is -0.618. The highest BCUT2D eigenvalue weighted by Gasteiger charge is 2.33. The van der Waals surface area contributed by atoms with E-state index >= 15 is 0 Å². The van der Waals surface area contributed by atoms with Gasteiger partial charge in [0.15, 0.2) is 5.69 Å². The van der Waals surface area contributed by atoms with E-state index in [0.717, 1.165) is 23.0 Å². The number of nitrogens with one attached hydrogen (secondary N) is 1. The van der Waals surface area contributed by atoms with Gasteiger partial charge in [0, 0.05) is 29.0 Å². The number of nitrogens with zero attached hydrogens (tertiary/aromatic N) is 2. The Kier molecular flexibility index (Phi) is 7.24. The number of hydrogen-bond acceptors (Lipinski definition) is 5. The van der Waals surface area contributed by atoms with Crippen LogP contribution in [0.3, 0.4) is 0 Å². The molecule has 0 radical (unpaired) electrons. The molecule has 2 rings (SSSR count). The highest BCUT2D eigenvalue weighted by atomic mass is 32.2. The monoisotopic (exact) mass is 415 g/mol. The Morgan fingerprint density at radius 2 is 1.96 bits per heavy atom. The Morgan fingerprint density at radius 1 is 1.25 bits per heavy atom. The Labute approximate surface area is 161 Å². The summed E-state index contributed by atoms with van der Waals surface area (Å²) in [6.45, 7) is -0.126. The van der Waals surface area contributed by atoms with Crippen molar-refractivity contribution in [2.75, 3.05) is 11.1 Å². The van der Waals surface area contributed by atoms with E-state index in [9.17, 15) is 27.9 Å². The third kappa shape index (κ3) is 6.74. The molecular weight excluding hydrogens is 399 g/mol. The number of aliphatic hydroxyl groups is 1. The molecule has 1 unspecified atom stereocenters. The molecule has 0 saturated carbocycles. The van der Waals surface area contributed by atoms with E-state index in [-0.39, 0.29) is 12.3 Å². The SMILES string of the molecule is O=C(O)/C=C/C(=O)Nc1ccccc1SCC(O)Cn1ccc(C(F)(F)F)n1. The molecule has 0 bridgehead atoms. The highest BCUT2D eigenvalue weighted by Crippen LogP contribution is 2.29. The van der Waals surface area contributed by atoms with Crippen LogP contribution in [0.2, 0.25) is 0 Å². The summed E-state index contributed by atoms with van der Waals surface area (Å²) in [7, 11) is 0. The molecule has 3 N–H and O–H groups in total. The molecule has 1 atom stereocenters. The van der Waals surface area contributed by atoms with E-state index in [1.807, 2.05) is 0 Å². The van der Waals surface area contributed by atoms with Gasteiger partial charge in [0.1, 0.15) is 0 Å². The van der Waals surface area contributed by atoms with Crippen LogP contribution in [0.15, 0.2) is 53.6 Å². The van der Waals surface area contributed by atoms with Crippen molar-refractivity contribution >= 4 is 29.3 Å². The fourth-order valence-electron chi connectivity index (χ4n) is 2.09. The largest absolute Gasteiger partial charge is 0.478 e. The predicted molar refractivity (Wildman–Crippen MR) is 95.8 cm³/mol. The van der Waals surface area contributed by atoms with E-state index in [2.05, 4.69) is 10.4 Å². The molecule has 1 amide bonds. The van der Waals surface area contributed by atoms with Gasteiger partial charge in [-0.15, -0.1) is 11.8 Å². The first-order valence-electron chi connectivity index (χ1n) is 7.87. The number of rotatable bonds is 8. The molecular formula is C17H16F3N3O4S. The number of aliphatic hydroxyl groups excluding tert-OH is 1. The first-order valence-corrected chi connectivity index (χ1v) is 8.86. The quantitative estimate of drug-likeness (QED) is 0.452. The summed E-state index contributed by atoms with van der Waals surface area (Å²) in [4.78, 5) is 22.8. The van der Waals surface area contributed by atoms with E-state index in [0.29, 0.717) is 16.7 Å². The van der Waals surface area contributed by atoms with Crippen molar-refractivity contribution < 1.29 is 33.0 Å². The average Bonchev–Trinajstić information content (AvgIpc) is 3.08. The lowest BCUT2D eigenvalue weighted by molar-refractivity contribution is -0.141. The Hall–Kier alpha value is -2.79. The number of thioether (sulfide) groups is 1. The number of carboxylic acids is 1. The summed E-state index contributed by atoms with van der Waals surface area (Å²) in [5, 5.41) is 24.5. The first kappa shape index (κ1) is 21.5. The zero-order valence-corrected chi connectivity index (χ0v) is 15.1. The second-order valence-corrected chi connectivity index (χ2v) is 6.60. The van der Waals surface area contributed by atoms with Crippen LogP contribution in [0.5, 0.6) is 0 Å². The minimum Gasteiger partial charge on any atom is -0.478 e. The molecule has 1 aromatic heterocycles. The molecule has 0 aliphatic heterocycles. The van der Waals surface area contributed by atoms with Crippen LogP contribution in [0.1, 0.15) is 5.69 Å². The number of amides is 1. The number of benzene rings is 1. The van der Waals surface area contributed by atoms with Crippen LogP contribution in [0.4, 0.5) is 18.9 Å². The zero-order valence-electron chi connectivity index (χ0n) is 14.3. The number of anilines is 1. The van der Waals surface area contributed by atoms with Gasteiger partial charge in [-0.05, 0) is 18.2 Å². The topological polar surface area (TPSA) is 104 Å². The normalized spacial score (nSPS) is 12.9. The minimum absolute atomic E-state index is 0.126. The Morgan fingerprint density at radius 3 is 2.61 bits per heavy atom. The summed E-state index contributed by atoms with van der Waals surface area (Å²) in [5.74, 6) is -1.75. The maximum atomic E-state index is 12.5. The van der Waals surface area contributed by atoms with Gasteiger partial charge in [0.05, 0.1) is 18.3 Å². The number of hydrogen-bond donors (Lipinski definition) is 3. The van der Waals surface area contributed by atoms with Crippen LogP contribution < -0.4 is 5.32 Å². The van der Waals surface area contributed by atoms with Crippen molar-refractivity contribution in [3.63, 3.8) is 0 Å². The molecule has 150 valence electrons. The Balaban J connectivity index is 1.94. The number of halogens is 3. The fourth-order valence-corrected chi connectivity index (χ4v) is 3.01. The summed E-state index contributed by atoms with van der Waals surface area (Å²) < 4.78 is 38.6. The van der Waals surface area contributed by atoms with Crippen molar-refractivity contribution in [1.82, 2.24) is 9.78 Å². The minimum atomic E-state index is -4.54. The van der Waals surface area contributed by atoms with Crippen LogP contribution in [0.25, 0.3) is 0 Å². The number of alkyl halides is 3. The van der Waals surface area contributed by atoms with E-state index in [1.54, 1.807) is 24.3 Å². The van der Waals surface area contributed by atoms with Crippen molar-refractivity contribution in [1.29, 1.82) is 0 Å². The van der Waals surface area contributed by atoms with E-state index in [4.69, 9.17) is 5.11 Å². The van der Waals surface area contributed by atoms with E-state index < -0.39 is 29.9 Å². The fraction of sp³-hybridized carbons (Fsp3) is 0.235. The molecule has 11 heteroatoms. The van der Waals surface area contributed by atoms with Crippen LogP contribution in [-0.2, 0) is 22.3 Å². The smallest absolute Gasteiger partial charge is 0.435 e. The second kappa shape index (κ2) is 9.42. The van der Waals surface area contributed by atoms with Gasteiger partial charge in [-0.3, -0.25) is 9.48 Å². The predicted octanol–water partition coefficient (Wildman–Crippen LogP) is 2.63. The summed E-state index contributed by atoms with van der Waals surface area (Å²) in [6.07, 6.45) is -2.82. The molecule has 2 aromatic rings. The van der Waals surface area contributed by atoms with Crippen molar-refractivity contribution in [2.24, 2.45) is 0 Å². The van der Waals surface area contributed by atoms with Crippen molar-refractivity contribution in [2.45, 2.75) is 23.7 Å². The maximum absolute atomic E-state index is 12.5. The number of carbonyl (C=O) groups is 2. The van der Waals surface area contributed by atoms with E-state index in [1.165, 1.54) is 11.8 Å². The third-order valence-electron chi connectivity index (χ3n) is 3.28. The number of carboxylic acid groups (broad SMARTS) is 1. The second-order valence-electron chi connectivity index (χ2n) is 5.54. The first-order chi connectivity index (χ1) is 13.1. The molecule has 0 spiro atoms. The number of para-hydroxylation sites is 1. The number of aromatic nitrogens is 2. The van der Waals surface area contributed by atoms with Crippen LogP contribution in [-0.4, -0.2) is 43.7 Å². The van der Waals surface area contributed by atoms with Crippen LogP contribution in [0, 0.1) is 0 Å². The van der Waals surface area contributed by atoms with Gasteiger partial charge in [-0.25, -0.2) is 4.79 Å². The van der Waals surface area contributed by atoms with Crippen molar-refractivity contribution in [3.05, 3.63) is 54.4 Å². The molecule has 0 fully saturated rings. The lowest BCUT2D eigenvalue weighted by Gasteiger charge is -2.13. The van der Waals surface area contributed by atoms with Gasteiger partial charge in [0.25, 0.3) is 0 Å². The lowest BCUT2D eigenvalue weighted by atomic mass is 10.3. The molecule has 28 heavy (non-hydrogen) atoms. The van der Waals surface area contributed by atoms with Crippen LogP contribution >= 0.6 is 11.8 Å². The van der Waals surface area contributed by atoms with Gasteiger partial charge < -0.3 is 15.5 Å². The molecule has 1 heterocycles. The summed E-state index contributed by atoms with van der Waals surface area (Å²) in [6, 6.07) is 7.49. The standard InChI is InChI=1S/C17H16F3N3O4S/c18-17(19,20)14-7-8-23(22-14)9-11(24)10-28-13-4-2-1-3-12(13)21-15(25)5-6-16(26)27/h1-8,11,24H,9-10H2,(H,21,25)(H,26,27)/b6-5+. The van der Waals surface area contributed by atoms with Gasteiger partial charge >= 0.3 is 12.1 Å². The molecule has 1 aromatic carbocycles. The third-order valence-corrected chi connectivity index (χ3v) is 4.50. The average molecular weight is 415 g/mol. The molecule has 0 aliphatic rings. The number of aliphatic carboxylic acids is 1. The van der Waals surface area contributed by atoms with Gasteiger partial charge in [-0.1, -0.05) is 12.1 Å². The zero-order chi connectivity index (χ0) is 20.7. The number of carbonyl (C=O) groups excluding carboxylic acids is 1. The van der Waals surface area contributed by atoms with Gasteiger partial charge in [-0.2, -0.15) is 18.3 Å². The molecule has 0 aliphatic carbocycles. The maximum Gasteiger partial charge on any atom is 0.435 e. The van der Waals surface area contributed by atoms with Crippen molar-refractivity contribution in [3.8, 4) is 0 Å². The molecule has 0 saturated heterocycles. The lowest BCUT2D eigenvalue weighted by Crippen LogP contribution is -2.20. The summed E-state index contributed by atoms with van der Waals surface area (Å²) >= 11 is 1.18. The van der Waals surface area contributed by atoms with Gasteiger partial charge in [0.2, 0.25) is 5.91 Å². The Bertz CT molecular complexity index is 867. The highest BCUT2D eigenvalue weighted by molar-refractivity contribution is 7.99. The molecule has 7 nitrogen and oxygen atoms in total.